The Hall–Kier alpha value is -3.32. The zero-order chi connectivity index (χ0) is 22.5. The van der Waals surface area contributed by atoms with E-state index in [9.17, 15) is 9.90 Å². The highest BCUT2D eigenvalue weighted by molar-refractivity contribution is 6.00. The predicted octanol–water partition coefficient (Wildman–Crippen LogP) is 4.54. The van der Waals surface area contributed by atoms with E-state index >= 15 is 0 Å². The number of ether oxygens (including phenoxy) is 2. The quantitative estimate of drug-likeness (QED) is 0.457. The van der Waals surface area contributed by atoms with Gasteiger partial charge in [-0.05, 0) is 36.2 Å². The molecule has 1 atom stereocenters. The summed E-state index contributed by atoms with van der Waals surface area (Å²) < 4.78 is 11.2. The average Bonchev–Trinajstić information content (AvgIpc) is 3.34. The van der Waals surface area contributed by atoms with Crippen molar-refractivity contribution in [2.45, 2.75) is 32.2 Å². The van der Waals surface area contributed by atoms with Gasteiger partial charge in [0.25, 0.3) is 5.91 Å². The minimum absolute atomic E-state index is 0.122. The number of H-pyrrole nitrogens is 1. The molecule has 168 valence electrons. The number of hydrogen-bond donors (Lipinski definition) is 2. The molecule has 4 rings (SSSR count). The second-order valence-corrected chi connectivity index (χ2v) is 7.90. The minimum atomic E-state index is -0.361. The molecule has 1 aliphatic rings. The molecule has 0 spiro atoms. The van der Waals surface area contributed by atoms with Gasteiger partial charge in [-0.15, -0.1) is 0 Å². The van der Waals surface area contributed by atoms with Gasteiger partial charge in [0.15, 0.2) is 0 Å². The van der Waals surface area contributed by atoms with E-state index in [0.29, 0.717) is 36.7 Å². The van der Waals surface area contributed by atoms with Crippen LogP contribution in [0.25, 0.3) is 11.3 Å². The number of aromatic hydroxyl groups is 1. The molecule has 0 unspecified atom stereocenters. The van der Waals surface area contributed by atoms with Crippen LogP contribution in [0.3, 0.4) is 0 Å². The topological polar surface area (TPSA) is 87.7 Å². The summed E-state index contributed by atoms with van der Waals surface area (Å²) in [5.41, 5.74) is 3.29. The summed E-state index contributed by atoms with van der Waals surface area (Å²) in [6.07, 6.45) is 3.27. The maximum absolute atomic E-state index is 13.3. The van der Waals surface area contributed by atoms with Crippen LogP contribution in [-0.2, 0) is 4.74 Å². The van der Waals surface area contributed by atoms with Crippen LogP contribution in [0.1, 0.15) is 53.8 Å². The predicted molar refractivity (Wildman–Crippen MR) is 122 cm³/mol. The summed E-state index contributed by atoms with van der Waals surface area (Å²) in [5.74, 6) is 0.764. The first kappa shape index (κ1) is 21.9. The van der Waals surface area contributed by atoms with E-state index in [0.717, 1.165) is 36.1 Å². The number of fused-ring (bicyclic) bond motifs is 1. The molecule has 2 aromatic carbocycles. The second kappa shape index (κ2) is 9.87. The van der Waals surface area contributed by atoms with Gasteiger partial charge in [-0.3, -0.25) is 9.89 Å². The number of carbonyl (C=O) groups is 1. The van der Waals surface area contributed by atoms with Gasteiger partial charge in [-0.25, -0.2) is 0 Å². The second-order valence-electron chi connectivity index (χ2n) is 7.90. The highest BCUT2D eigenvalue weighted by atomic mass is 16.5. The first-order valence-electron chi connectivity index (χ1n) is 11.0. The number of methoxy groups -OCH3 is 1. The van der Waals surface area contributed by atoms with Gasteiger partial charge in [-0.1, -0.05) is 44.0 Å². The molecular formula is C25H29N3O4. The third-order valence-electron chi connectivity index (χ3n) is 5.75. The highest BCUT2D eigenvalue weighted by Crippen LogP contribution is 2.44. The SMILES string of the molecule is CCCCCOc1cccc([C@H]2c3c(-c4ccccc4O)n[nH]c3C(=O)N2CCOC)c1. The lowest BCUT2D eigenvalue weighted by atomic mass is 9.95. The van der Waals surface area contributed by atoms with Crippen LogP contribution >= 0.6 is 0 Å². The van der Waals surface area contributed by atoms with Crippen LogP contribution < -0.4 is 4.74 Å². The van der Waals surface area contributed by atoms with Crippen molar-refractivity contribution in [2.24, 2.45) is 0 Å². The lowest BCUT2D eigenvalue weighted by Crippen LogP contribution is -2.32. The number of aromatic nitrogens is 2. The zero-order valence-electron chi connectivity index (χ0n) is 18.5. The number of phenolic OH excluding ortho intramolecular Hbond substituents is 1. The number of rotatable bonds is 10. The summed E-state index contributed by atoms with van der Waals surface area (Å²) in [6.45, 7) is 3.68. The van der Waals surface area contributed by atoms with E-state index in [2.05, 4.69) is 17.1 Å². The summed E-state index contributed by atoms with van der Waals surface area (Å²) >= 11 is 0. The number of para-hydroxylation sites is 1. The summed E-state index contributed by atoms with van der Waals surface area (Å²) in [4.78, 5) is 15.0. The van der Waals surface area contributed by atoms with Crippen LogP contribution in [0.15, 0.2) is 48.5 Å². The first-order valence-corrected chi connectivity index (χ1v) is 11.0. The van der Waals surface area contributed by atoms with E-state index in [-0.39, 0.29) is 17.7 Å². The third-order valence-corrected chi connectivity index (χ3v) is 5.75. The maximum atomic E-state index is 13.3. The molecule has 0 bridgehead atoms. The van der Waals surface area contributed by atoms with Crippen molar-refractivity contribution < 1.29 is 19.4 Å². The van der Waals surface area contributed by atoms with E-state index in [1.807, 2.05) is 30.3 Å². The van der Waals surface area contributed by atoms with Crippen molar-refractivity contribution in [2.75, 3.05) is 26.9 Å². The van der Waals surface area contributed by atoms with Gasteiger partial charge in [-0.2, -0.15) is 5.10 Å². The fourth-order valence-electron chi connectivity index (χ4n) is 4.16. The fourth-order valence-corrected chi connectivity index (χ4v) is 4.16. The van der Waals surface area contributed by atoms with E-state index < -0.39 is 0 Å². The Labute approximate surface area is 188 Å². The van der Waals surface area contributed by atoms with Crippen LogP contribution in [-0.4, -0.2) is 53.0 Å². The molecule has 0 saturated heterocycles. The molecule has 1 amide bonds. The normalized spacial score (nSPS) is 15.2. The number of benzene rings is 2. The summed E-state index contributed by atoms with van der Waals surface area (Å²) in [7, 11) is 1.62. The van der Waals surface area contributed by atoms with E-state index in [1.54, 1.807) is 30.2 Å². The van der Waals surface area contributed by atoms with Crippen molar-refractivity contribution in [3.05, 3.63) is 65.4 Å². The van der Waals surface area contributed by atoms with Crippen molar-refractivity contribution in [1.29, 1.82) is 0 Å². The molecule has 7 heteroatoms. The summed E-state index contributed by atoms with van der Waals surface area (Å²) in [6, 6.07) is 14.5. The number of amides is 1. The monoisotopic (exact) mass is 435 g/mol. The molecular weight excluding hydrogens is 406 g/mol. The molecule has 1 aliphatic heterocycles. The average molecular weight is 436 g/mol. The van der Waals surface area contributed by atoms with Gasteiger partial charge in [0.2, 0.25) is 0 Å². The Morgan fingerprint density at radius 1 is 1.12 bits per heavy atom. The minimum Gasteiger partial charge on any atom is -0.507 e. The van der Waals surface area contributed by atoms with Gasteiger partial charge >= 0.3 is 0 Å². The fraction of sp³-hybridized carbons (Fsp3) is 0.360. The van der Waals surface area contributed by atoms with Crippen molar-refractivity contribution in [3.8, 4) is 22.8 Å². The Kier molecular flexibility index (Phi) is 6.75. The largest absolute Gasteiger partial charge is 0.507 e. The van der Waals surface area contributed by atoms with E-state index in [4.69, 9.17) is 9.47 Å². The molecule has 0 fully saturated rings. The Balaban J connectivity index is 1.74. The van der Waals surface area contributed by atoms with Crippen LogP contribution in [0, 0.1) is 0 Å². The number of hydrogen-bond acceptors (Lipinski definition) is 5. The molecule has 7 nitrogen and oxygen atoms in total. The first-order chi connectivity index (χ1) is 15.7. The van der Waals surface area contributed by atoms with Gasteiger partial charge < -0.3 is 19.5 Å². The molecule has 2 heterocycles. The number of phenols is 1. The summed E-state index contributed by atoms with van der Waals surface area (Å²) in [5, 5.41) is 17.7. The Morgan fingerprint density at radius 2 is 1.97 bits per heavy atom. The molecule has 2 N–H and O–H groups in total. The van der Waals surface area contributed by atoms with Crippen molar-refractivity contribution in [3.63, 3.8) is 0 Å². The van der Waals surface area contributed by atoms with Crippen LogP contribution in [0.4, 0.5) is 0 Å². The maximum Gasteiger partial charge on any atom is 0.273 e. The molecule has 3 aromatic rings. The van der Waals surface area contributed by atoms with E-state index in [1.165, 1.54) is 0 Å². The van der Waals surface area contributed by atoms with Crippen LogP contribution in [0.2, 0.25) is 0 Å². The lowest BCUT2D eigenvalue weighted by molar-refractivity contribution is 0.0677. The number of aromatic amines is 1. The van der Waals surface area contributed by atoms with Crippen molar-refractivity contribution in [1.82, 2.24) is 15.1 Å². The molecule has 0 saturated carbocycles. The molecule has 32 heavy (non-hydrogen) atoms. The van der Waals surface area contributed by atoms with Crippen molar-refractivity contribution >= 4 is 5.91 Å². The number of nitrogens with zero attached hydrogens (tertiary/aromatic N) is 2. The van der Waals surface area contributed by atoms with Gasteiger partial charge in [0.05, 0.1) is 19.3 Å². The standard InChI is InChI=1S/C25H29N3O4/c1-3-4-7-14-32-18-10-8-9-17(16-18)24-21-22(19-11-5-6-12-20(19)29)26-27-23(21)25(30)28(24)13-15-31-2/h5-6,8-12,16,24,29H,3-4,7,13-15H2,1-2H3,(H,26,27)/t24-/m0/s1. The van der Waals surface area contributed by atoms with Gasteiger partial charge in [0.1, 0.15) is 22.9 Å². The Bertz CT molecular complexity index is 1080. The lowest BCUT2D eigenvalue weighted by Gasteiger charge is -2.26. The molecule has 0 aliphatic carbocycles. The molecule has 1 aromatic heterocycles. The number of unbranched alkanes of at least 4 members (excludes halogenated alkanes) is 2. The number of nitrogens with one attached hydrogen (secondary N) is 1. The molecule has 0 radical (unpaired) electrons. The van der Waals surface area contributed by atoms with Gasteiger partial charge in [0, 0.05) is 24.8 Å². The smallest absolute Gasteiger partial charge is 0.273 e. The highest BCUT2D eigenvalue weighted by Gasteiger charge is 2.42. The van der Waals surface area contributed by atoms with Crippen LogP contribution in [0.5, 0.6) is 11.5 Å². The zero-order valence-corrected chi connectivity index (χ0v) is 18.5. The Morgan fingerprint density at radius 3 is 2.75 bits per heavy atom. The third kappa shape index (κ3) is 4.21. The number of carbonyl (C=O) groups excluding carboxylic acids is 1.